The number of carbonyl (C=O) groups excluding carboxylic acids is 1. The first-order valence-electron chi connectivity index (χ1n) is 6.51. The quantitative estimate of drug-likeness (QED) is 0.849. The lowest BCUT2D eigenvalue weighted by Gasteiger charge is -2.34. The molecule has 0 aromatic carbocycles. The van der Waals surface area contributed by atoms with Gasteiger partial charge in [0.1, 0.15) is 0 Å². The molecule has 106 valence electrons. The van der Waals surface area contributed by atoms with E-state index in [0.29, 0.717) is 10.2 Å². The summed E-state index contributed by atoms with van der Waals surface area (Å²) in [6.07, 6.45) is 1.53. The van der Waals surface area contributed by atoms with Crippen LogP contribution in [0.5, 0.6) is 0 Å². The Labute approximate surface area is 130 Å². The number of hydrogen-bond acceptors (Lipinski definition) is 4. The molecule has 0 atom stereocenters. The molecule has 1 fully saturated rings. The molecule has 0 spiro atoms. The molecular weight excluding hydrogens is 340 g/mol. The van der Waals surface area contributed by atoms with Gasteiger partial charge in [0.05, 0.1) is 11.8 Å². The summed E-state index contributed by atoms with van der Waals surface area (Å²) in [5.41, 5.74) is 0.608. The van der Waals surface area contributed by atoms with E-state index in [1.165, 1.54) is 11.1 Å². The minimum absolute atomic E-state index is 0.0430. The molecule has 3 rings (SSSR count). The molecule has 0 saturated carbocycles. The number of halogens is 1. The van der Waals surface area contributed by atoms with Gasteiger partial charge in [0.15, 0.2) is 4.67 Å². The smallest absolute Gasteiger partial charge is 0.258 e. The largest absolute Gasteiger partial charge is 0.457 e. The Bertz CT molecular complexity index is 574. The summed E-state index contributed by atoms with van der Waals surface area (Å²) in [7, 11) is 0. The Balaban J connectivity index is 1.56. The van der Waals surface area contributed by atoms with Gasteiger partial charge in [-0.3, -0.25) is 9.69 Å². The molecule has 0 N–H and O–H groups in total. The summed E-state index contributed by atoms with van der Waals surface area (Å²) in [6.45, 7) is 4.34. The van der Waals surface area contributed by atoms with Crippen LogP contribution >= 0.6 is 27.3 Å². The summed E-state index contributed by atoms with van der Waals surface area (Å²) >= 11 is 5.04. The molecule has 3 heterocycles. The van der Waals surface area contributed by atoms with Crippen molar-refractivity contribution in [1.29, 1.82) is 0 Å². The van der Waals surface area contributed by atoms with Crippen LogP contribution in [0.3, 0.4) is 0 Å². The number of thiophene rings is 1. The van der Waals surface area contributed by atoms with Crippen LogP contribution in [-0.4, -0.2) is 41.9 Å². The fraction of sp³-hybridized carbons (Fsp3) is 0.357. The third-order valence-corrected chi connectivity index (χ3v) is 4.94. The molecule has 1 aliphatic rings. The van der Waals surface area contributed by atoms with Crippen LogP contribution in [0.4, 0.5) is 0 Å². The van der Waals surface area contributed by atoms with Gasteiger partial charge in [-0.1, -0.05) is 6.07 Å². The van der Waals surface area contributed by atoms with Gasteiger partial charge in [-0.15, -0.1) is 11.3 Å². The molecule has 2 aromatic rings. The van der Waals surface area contributed by atoms with E-state index in [0.717, 1.165) is 32.7 Å². The Morgan fingerprint density at radius 2 is 2.10 bits per heavy atom. The van der Waals surface area contributed by atoms with Gasteiger partial charge in [0.25, 0.3) is 5.91 Å². The van der Waals surface area contributed by atoms with Crippen molar-refractivity contribution >= 4 is 33.2 Å². The van der Waals surface area contributed by atoms with Crippen molar-refractivity contribution in [3.63, 3.8) is 0 Å². The monoisotopic (exact) mass is 354 g/mol. The van der Waals surface area contributed by atoms with Crippen molar-refractivity contribution in [2.24, 2.45) is 0 Å². The minimum Gasteiger partial charge on any atom is -0.457 e. The van der Waals surface area contributed by atoms with Crippen molar-refractivity contribution in [2.45, 2.75) is 6.54 Å². The maximum atomic E-state index is 12.3. The van der Waals surface area contributed by atoms with E-state index in [1.54, 1.807) is 17.4 Å². The van der Waals surface area contributed by atoms with Crippen LogP contribution in [0.2, 0.25) is 0 Å². The Hall–Kier alpha value is -1.11. The van der Waals surface area contributed by atoms with Crippen molar-refractivity contribution in [3.05, 3.63) is 45.0 Å². The zero-order valence-corrected chi connectivity index (χ0v) is 13.3. The van der Waals surface area contributed by atoms with Gasteiger partial charge < -0.3 is 9.32 Å². The van der Waals surface area contributed by atoms with E-state index < -0.39 is 0 Å². The molecule has 4 nitrogen and oxygen atoms in total. The lowest BCUT2D eigenvalue weighted by molar-refractivity contribution is 0.0627. The Morgan fingerprint density at radius 1 is 1.30 bits per heavy atom. The number of amides is 1. The first-order chi connectivity index (χ1) is 9.74. The molecule has 1 aliphatic heterocycles. The number of piperazine rings is 1. The fourth-order valence-electron chi connectivity index (χ4n) is 2.35. The molecule has 0 aliphatic carbocycles. The highest BCUT2D eigenvalue weighted by atomic mass is 79.9. The summed E-state index contributed by atoms with van der Waals surface area (Å²) in [6, 6.07) is 5.95. The molecule has 0 radical (unpaired) electrons. The van der Waals surface area contributed by atoms with E-state index in [1.807, 2.05) is 4.90 Å². The first-order valence-corrected chi connectivity index (χ1v) is 8.18. The topological polar surface area (TPSA) is 36.7 Å². The third-order valence-electron chi connectivity index (χ3n) is 3.47. The van der Waals surface area contributed by atoms with E-state index in [9.17, 15) is 4.79 Å². The predicted octanol–water partition coefficient (Wildman–Crippen LogP) is 3.06. The van der Waals surface area contributed by atoms with Crippen molar-refractivity contribution < 1.29 is 9.21 Å². The molecular formula is C14H15BrN2O2S. The van der Waals surface area contributed by atoms with Gasteiger partial charge in [-0.2, -0.15) is 0 Å². The summed E-state index contributed by atoms with van der Waals surface area (Å²) in [5.74, 6) is 0.0430. The highest BCUT2D eigenvalue weighted by Gasteiger charge is 2.24. The van der Waals surface area contributed by atoms with Crippen molar-refractivity contribution in [3.8, 4) is 0 Å². The Kier molecular flexibility index (Phi) is 4.24. The van der Waals surface area contributed by atoms with Crippen LogP contribution < -0.4 is 0 Å². The molecule has 20 heavy (non-hydrogen) atoms. The zero-order chi connectivity index (χ0) is 13.9. The van der Waals surface area contributed by atoms with Crippen molar-refractivity contribution in [2.75, 3.05) is 26.2 Å². The lowest BCUT2D eigenvalue weighted by Crippen LogP contribution is -2.48. The van der Waals surface area contributed by atoms with Gasteiger partial charge in [-0.25, -0.2) is 0 Å². The average Bonchev–Trinajstić information content (AvgIpc) is 3.10. The van der Waals surface area contributed by atoms with E-state index in [2.05, 4.69) is 38.3 Å². The summed E-state index contributed by atoms with van der Waals surface area (Å²) in [5, 5.41) is 2.10. The van der Waals surface area contributed by atoms with Crippen LogP contribution in [-0.2, 0) is 6.54 Å². The first kappa shape index (κ1) is 13.9. The lowest BCUT2D eigenvalue weighted by atomic mass is 10.2. The van der Waals surface area contributed by atoms with Gasteiger partial charge in [0, 0.05) is 37.6 Å². The van der Waals surface area contributed by atoms with Crippen LogP contribution in [0, 0.1) is 0 Å². The predicted molar refractivity (Wildman–Crippen MR) is 81.9 cm³/mol. The number of furan rings is 1. The number of hydrogen-bond donors (Lipinski definition) is 0. The fourth-order valence-corrected chi connectivity index (χ4v) is 3.50. The zero-order valence-electron chi connectivity index (χ0n) is 10.9. The summed E-state index contributed by atoms with van der Waals surface area (Å²) in [4.78, 5) is 18.0. The highest BCUT2D eigenvalue weighted by Crippen LogP contribution is 2.20. The average molecular weight is 355 g/mol. The second-order valence-corrected chi connectivity index (χ2v) is 6.51. The highest BCUT2D eigenvalue weighted by molar-refractivity contribution is 9.10. The molecule has 1 saturated heterocycles. The molecule has 0 unspecified atom stereocenters. The number of nitrogens with zero attached hydrogens (tertiary/aromatic N) is 2. The van der Waals surface area contributed by atoms with E-state index in [-0.39, 0.29) is 5.91 Å². The van der Waals surface area contributed by atoms with E-state index in [4.69, 9.17) is 4.42 Å². The normalized spacial score (nSPS) is 16.6. The molecule has 0 bridgehead atoms. The van der Waals surface area contributed by atoms with Gasteiger partial charge in [-0.05, 0) is 33.4 Å². The van der Waals surface area contributed by atoms with Crippen LogP contribution in [0.15, 0.2) is 38.9 Å². The number of carbonyl (C=O) groups is 1. The SMILES string of the molecule is O=C(c1ccoc1Br)N1CCN(Cc2cccs2)CC1. The van der Waals surface area contributed by atoms with Gasteiger partial charge >= 0.3 is 0 Å². The second kappa shape index (κ2) is 6.11. The van der Waals surface area contributed by atoms with Crippen LogP contribution in [0.1, 0.15) is 15.2 Å². The third kappa shape index (κ3) is 2.97. The maximum Gasteiger partial charge on any atom is 0.258 e. The second-order valence-electron chi connectivity index (χ2n) is 4.76. The number of rotatable bonds is 3. The summed E-state index contributed by atoms with van der Waals surface area (Å²) < 4.78 is 5.64. The molecule has 2 aromatic heterocycles. The van der Waals surface area contributed by atoms with Crippen molar-refractivity contribution in [1.82, 2.24) is 9.80 Å². The minimum atomic E-state index is 0.0430. The molecule has 1 amide bonds. The Morgan fingerprint density at radius 3 is 2.70 bits per heavy atom. The van der Waals surface area contributed by atoms with E-state index >= 15 is 0 Å². The van der Waals surface area contributed by atoms with Gasteiger partial charge in [0.2, 0.25) is 0 Å². The standard InChI is InChI=1S/C14H15BrN2O2S/c15-13-12(3-8-19-13)14(18)17-6-4-16(5-7-17)10-11-2-1-9-20-11/h1-3,8-9H,4-7,10H2. The maximum absolute atomic E-state index is 12.3. The van der Waals surface area contributed by atoms with Crippen LogP contribution in [0.25, 0.3) is 0 Å². The molecule has 6 heteroatoms.